The zero-order valence-electron chi connectivity index (χ0n) is 40.8. The molecule has 11 heteroatoms. The van der Waals surface area contributed by atoms with Crippen LogP contribution in [0.4, 0.5) is 0 Å². The largest absolute Gasteiger partial charge is 0.394 e. The fourth-order valence-corrected chi connectivity index (χ4v) is 8.97. The highest BCUT2D eigenvalue weighted by molar-refractivity contribution is 5.80. The van der Waals surface area contributed by atoms with Crippen LogP contribution in [0.1, 0.15) is 258 Å². The number of hydrogen-bond acceptors (Lipinski definition) is 10. The molecule has 0 saturated carbocycles. The van der Waals surface area contributed by atoms with Crippen LogP contribution in [0, 0.1) is 0 Å². The first-order chi connectivity index (χ1) is 30.7. The lowest BCUT2D eigenvalue weighted by atomic mass is 9.98. The van der Waals surface area contributed by atoms with Crippen molar-refractivity contribution >= 4 is 5.91 Å². The fraction of sp³-hybridized carbons (Fsp3) is 0.981. The Hall–Kier alpha value is -0.890. The standard InChI is InChI=1S/C52H103NO10/c1-3-5-7-9-11-13-14-15-16-17-18-19-20-21-22-23-24-25-26-27-28-29-30-32-34-36-38-40-45(56)51(61)53-43(42-62-52-50(60)49(59)48(58)46(41-54)63-52)47(57)44(55)39-37-35-33-31-12-10-8-6-4-2/h43-50,52,54-60H,3-42H2,1-2H3,(H,53,61). The van der Waals surface area contributed by atoms with E-state index in [-0.39, 0.29) is 6.42 Å². The molecule has 63 heavy (non-hydrogen) atoms. The smallest absolute Gasteiger partial charge is 0.249 e. The lowest BCUT2D eigenvalue weighted by molar-refractivity contribution is -0.303. The molecule has 0 spiro atoms. The average Bonchev–Trinajstić information content (AvgIpc) is 3.28. The van der Waals surface area contributed by atoms with Gasteiger partial charge in [0, 0.05) is 0 Å². The number of aliphatic hydroxyl groups is 7. The van der Waals surface area contributed by atoms with E-state index in [1.54, 1.807) is 0 Å². The summed E-state index contributed by atoms with van der Waals surface area (Å²) >= 11 is 0. The molecule has 9 unspecified atom stereocenters. The second-order valence-corrected chi connectivity index (χ2v) is 19.3. The summed E-state index contributed by atoms with van der Waals surface area (Å²) in [7, 11) is 0. The van der Waals surface area contributed by atoms with Crippen LogP contribution in [-0.4, -0.2) is 110 Å². The molecule has 1 heterocycles. The van der Waals surface area contributed by atoms with E-state index < -0.39 is 74.2 Å². The van der Waals surface area contributed by atoms with Crippen molar-refractivity contribution in [2.45, 2.75) is 313 Å². The molecule has 1 rings (SSSR count). The lowest BCUT2D eigenvalue weighted by Crippen LogP contribution is -2.60. The molecule has 0 radical (unpaired) electrons. The van der Waals surface area contributed by atoms with Crippen LogP contribution < -0.4 is 5.32 Å². The Kier molecular flexibility index (Phi) is 40.5. The Balaban J connectivity index is 2.21. The number of hydrogen-bond donors (Lipinski definition) is 8. The third-order valence-corrected chi connectivity index (χ3v) is 13.4. The number of aliphatic hydroxyl groups excluding tert-OH is 7. The van der Waals surface area contributed by atoms with Crippen molar-refractivity contribution in [3.63, 3.8) is 0 Å². The number of nitrogens with one attached hydrogen (secondary N) is 1. The first-order valence-corrected chi connectivity index (χ1v) is 26.9. The maximum absolute atomic E-state index is 13.1. The minimum Gasteiger partial charge on any atom is -0.394 e. The first kappa shape index (κ1) is 60.1. The Morgan fingerprint density at radius 1 is 0.492 bits per heavy atom. The van der Waals surface area contributed by atoms with Crippen LogP contribution in [0.2, 0.25) is 0 Å². The maximum Gasteiger partial charge on any atom is 0.249 e. The predicted octanol–water partition coefficient (Wildman–Crippen LogP) is 10.2. The summed E-state index contributed by atoms with van der Waals surface area (Å²) in [6.45, 7) is 3.44. The maximum atomic E-state index is 13.1. The highest BCUT2D eigenvalue weighted by Crippen LogP contribution is 2.23. The van der Waals surface area contributed by atoms with E-state index in [2.05, 4.69) is 19.2 Å². The van der Waals surface area contributed by atoms with E-state index in [1.807, 2.05) is 0 Å². The van der Waals surface area contributed by atoms with Crippen LogP contribution in [0.5, 0.6) is 0 Å². The van der Waals surface area contributed by atoms with Crippen LogP contribution in [0.3, 0.4) is 0 Å². The third kappa shape index (κ3) is 31.7. The molecule has 1 amide bonds. The number of carbonyl (C=O) groups is 1. The second kappa shape index (κ2) is 42.5. The molecular weight excluding hydrogens is 799 g/mol. The molecule has 1 aliphatic rings. The molecule has 0 aromatic rings. The van der Waals surface area contributed by atoms with Gasteiger partial charge in [0.05, 0.1) is 25.4 Å². The van der Waals surface area contributed by atoms with Gasteiger partial charge in [-0.1, -0.05) is 245 Å². The van der Waals surface area contributed by atoms with E-state index in [1.165, 1.54) is 180 Å². The average molecular weight is 902 g/mol. The summed E-state index contributed by atoms with van der Waals surface area (Å²) in [6.07, 6.45) is 34.7. The van der Waals surface area contributed by atoms with Gasteiger partial charge in [-0.2, -0.15) is 0 Å². The normalized spacial score (nSPS) is 21.1. The SMILES string of the molecule is CCCCCCCCCCCCCCCCCCCCCCCCCCCCCC(O)C(=O)NC(COC1OC(CO)C(O)C(O)C1O)C(O)C(O)CCCCCCCCCCC. The lowest BCUT2D eigenvalue weighted by Gasteiger charge is -2.40. The summed E-state index contributed by atoms with van der Waals surface area (Å²) in [5, 5.41) is 75.7. The van der Waals surface area contributed by atoms with Crippen molar-refractivity contribution in [2.75, 3.05) is 13.2 Å². The summed E-state index contributed by atoms with van der Waals surface area (Å²) in [4.78, 5) is 13.1. The second-order valence-electron chi connectivity index (χ2n) is 19.3. The summed E-state index contributed by atoms with van der Waals surface area (Å²) in [5.41, 5.74) is 0. The van der Waals surface area contributed by atoms with Crippen LogP contribution in [0.15, 0.2) is 0 Å². The zero-order valence-corrected chi connectivity index (χ0v) is 40.8. The van der Waals surface area contributed by atoms with Crippen molar-refractivity contribution in [3.8, 4) is 0 Å². The zero-order chi connectivity index (χ0) is 46.2. The van der Waals surface area contributed by atoms with Crippen LogP contribution in [-0.2, 0) is 14.3 Å². The molecule has 11 nitrogen and oxygen atoms in total. The summed E-state index contributed by atoms with van der Waals surface area (Å²) in [6, 6.07) is -1.16. The van der Waals surface area contributed by atoms with Crippen LogP contribution >= 0.6 is 0 Å². The van der Waals surface area contributed by atoms with Gasteiger partial charge in [0.25, 0.3) is 0 Å². The topological polar surface area (TPSA) is 189 Å². The Morgan fingerprint density at radius 2 is 0.825 bits per heavy atom. The number of carbonyl (C=O) groups excluding carboxylic acids is 1. The van der Waals surface area contributed by atoms with Gasteiger partial charge in [0.2, 0.25) is 5.91 Å². The van der Waals surface area contributed by atoms with Gasteiger partial charge < -0.3 is 50.5 Å². The van der Waals surface area contributed by atoms with Crippen molar-refractivity contribution in [2.24, 2.45) is 0 Å². The number of rotatable bonds is 46. The molecule has 0 aromatic heterocycles. The minimum absolute atomic E-state index is 0.266. The number of unbranched alkanes of at least 4 members (excludes halogenated alkanes) is 34. The highest BCUT2D eigenvalue weighted by Gasteiger charge is 2.44. The highest BCUT2D eigenvalue weighted by atomic mass is 16.7. The molecule has 376 valence electrons. The Morgan fingerprint density at radius 3 is 1.17 bits per heavy atom. The van der Waals surface area contributed by atoms with E-state index >= 15 is 0 Å². The van der Waals surface area contributed by atoms with Gasteiger partial charge in [-0.15, -0.1) is 0 Å². The minimum atomic E-state index is -1.66. The van der Waals surface area contributed by atoms with Gasteiger partial charge in [0.1, 0.15) is 36.6 Å². The first-order valence-electron chi connectivity index (χ1n) is 26.9. The molecule has 9 atom stereocenters. The summed E-state index contributed by atoms with van der Waals surface area (Å²) < 4.78 is 11.1. The van der Waals surface area contributed by atoms with E-state index in [0.29, 0.717) is 19.3 Å². The quantitative estimate of drug-likeness (QED) is 0.0273. The molecule has 1 fully saturated rings. The molecule has 1 saturated heterocycles. The molecule has 0 aliphatic carbocycles. The molecule has 1 aliphatic heterocycles. The molecular formula is C52H103NO10. The predicted molar refractivity (Wildman–Crippen MR) is 256 cm³/mol. The van der Waals surface area contributed by atoms with Gasteiger partial charge in [-0.25, -0.2) is 0 Å². The Labute approximate surface area is 386 Å². The summed E-state index contributed by atoms with van der Waals surface area (Å²) in [5.74, 6) is -0.693. The van der Waals surface area contributed by atoms with E-state index in [0.717, 1.165) is 38.5 Å². The Bertz CT molecular complexity index is 991. The van der Waals surface area contributed by atoms with Crippen molar-refractivity contribution in [3.05, 3.63) is 0 Å². The van der Waals surface area contributed by atoms with Crippen molar-refractivity contribution in [1.29, 1.82) is 0 Å². The number of ether oxygens (including phenoxy) is 2. The van der Waals surface area contributed by atoms with Gasteiger partial charge in [0.15, 0.2) is 6.29 Å². The van der Waals surface area contributed by atoms with Crippen molar-refractivity contribution in [1.82, 2.24) is 5.32 Å². The third-order valence-electron chi connectivity index (χ3n) is 13.4. The number of amides is 1. The molecule has 8 N–H and O–H groups in total. The molecule has 0 bridgehead atoms. The van der Waals surface area contributed by atoms with Gasteiger partial charge >= 0.3 is 0 Å². The van der Waals surface area contributed by atoms with Crippen molar-refractivity contribution < 1.29 is 50.0 Å². The monoisotopic (exact) mass is 902 g/mol. The van der Waals surface area contributed by atoms with Gasteiger partial charge in [-0.3, -0.25) is 4.79 Å². The van der Waals surface area contributed by atoms with E-state index in [9.17, 15) is 40.5 Å². The fourth-order valence-electron chi connectivity index (χ4n) is 8.97. The van der Waals surface area contributed by atoms with E-state index in [4.69, 9.17) is 9.47 Å². The molecule has 0 aromatic carbocycles. The van der Waals surface area contributed by atoms with Crippen LogP contribution in [0.25, 0.3) is 0 Å². The van der Waals surface area contributed by atoms with Gasteiger partial charge in [-0.05, 0) is 12.8 Å².